The number of carbonyl (C=O) groups is 2. The number of carboxylic acids is 1. The minimum Gasteiger partial charge on any atom is -0.545 e. The summed E-state index contributed by atoms with van der Waals surface area (Å²) in [6.45, 7) is -0.271. The van der Waals surface area contributed by atoms with Gasteiger partial charge in [-0.3, -0.25) is 4.79 Å². The maximum absolute atomic E-state index is 11.7. The molecule has 1 amide bonds. The van der Waals surface area contributed by atoms with Crippen LogP contribution in [0.3, 0.4) is 0 Å². The van der Waals surface area contributed by atoms with E-state index in [-0.39, 0.29) is 28.8 Å². The number of carbonyl (C=O) groups excluding carboxylic acids is 2. The predicted molar refractivity (Wildman–Crippen MR) is 81.4 cm³/mol. The number of aromatic carboxylic acids is 1. The van der Waals surface area contributed by atoms with Crippen LogP contribution in [-0.2, 0) is 4.79 Å². The summed E-state index contributed by atoms with van der Waals surface area (Å²) in [6, 6.07) is 10.4. The largest absolute Gasteiger partial charge is 0.545 e. The van der Waals surface area contributed by atoms with Crippen LogP contribution in [0.25, 0.3) is 0 Å². The van der Waals surface area contributed by atoms with Gasteiger partial charge in [-0.2, -0.15) is 0 Å². The molecule has 2 aromatic carbocycles. The van der Waals surface area contributed by atoms with E-state index in [9.17, 15) is 14.7 Å². The lowest BCUT2D eigenvalue weighted by Crippen LogP contribution is -2.22. The van der Waals surface area contributed by atoms with Gasteiger partial charge in [-0.1, -0.05) is 23.2 Å². The highest BCUT2D eigenvalue weighted by atomic mass is 35.5. The summed E-state index contributed by atoms with van der Waals surface area (Å²) in [5, 5.41) is 13.9. The fourth-order valence-electron chi connectivity index (χ4n) is 1.62. The number of hydrogen-bond donors (Lipinski definition) is 1. The van der Waals surface area contributed by atoms with Gasteiger partial charge in [-0.25, -0.2) is 0 Å². The van der Waals surface area contributed by atoms with E-state index in [1.165, 1.54) is 18.2 Å². The highest BCUT2D eigenvalue weighted by molar-refractivity contribution is 6.32. The number of hydrogen-bond acceptors (Lipinski definition) is 4. The molecule has 0 fully saturated rings. The molecule has 22 heavy (non-hydrogen) atoms. The third-order valence-corrected chi connectivity index (χ3v) is 3.20. The topological polar surface area (TPSA) is 78.5 Å². The summed E-state index contributed by atoms with van der Waals surface area (Å²) in [6.07, 6.45) is 0. The zero-order valence-electron chi connectivity index (χ0n) is 11.1. The SMILES string of the molecule is O=C(COc1ccc(C(=O)[O-])cc1Cl)Nc1ccc(Cl)cc1. The van der Waals surface area contributed by atoms with E-state index < -0.39 is 5.97 Å². The van der Waals surface area contributed by atoms with Crippen LogP contribution < -0.4 is 15.2 Å². The van der Waals surface area contributed by atoms with Crippen molar-refractivity contribution in [1.29, 1.82) is 0 Å². The van der Waals surface area contributed by atoms with Crippen molar-refractivity contribution in [3.63, 3.8) is 0 Å². The summed E-state index contributed by atoms with van der Waals surface area (Å²) >= 11 is 11.6. The Morgan fingerprint density at radius 2 is 1.77 bits per heavy atom. The van der Waals surface area contributed by atoms with Crippen molar-refractivity contribution >= 4 is 40.8 Å². The molecule has 0 bridgehead atoms. The Bertz CT molecular complexity index is 701. The van der Waals surface area contributed by atoms with Gasteiger partial charge >= 0.3 is 0 Å². The van der Waals surface area contributed by atoms with E-state index >= 15 is 0 Å². The first-order valence-electron chi connectivity index (χ1n) is 6.15. The van der Waals surface area contributed by atoms with Crippen LogP contribution in [0, 0.1) is 0 Å². The van der Waals surface area contributed by atoms with Crippen molar-refractivity contribution in [3.05, 3.63) is 58.1 Å². The zero-order valence-corrected chi connectivity index (χ0v) is 12.6. The number of carboxylic acid groups (broad SMARTS) is 1. The number of rotatable bonds is 5. The van der Waals surface area contributed by atoms with Gasteiger partial charge in [0.25, 0.3) is 5.91 Å². The van der Waals surface area contributed by atoms with Gasteiger partial charge in [-0.05, 0) is 48.0 Å². The molecule has 0 unspecified atom stereocenters. The summed E-state index contributed by atoms with van der Waals surface area (Å²) < 4.78 is 5.25. The maximum atomic E-state index is 11.7. The Kier molecular flexibility index (Phi) is 5.25. The van der Waals surface area contributed by atoms with Crippen LogP contribution >= 0.6 is 23.2 Å². The molecular formula is C15H10Cl2NO4-. The fraction of sp³-hybridized carbons (Fsp3) is 0.0667. The molecule has 0 heterocycles. The second-order valence-electron chi connectivity index (χ2n) is 4.28. The minimum absolute atomic E-state index is 0.0667. The molecule has 5 nitrogen and oxygen atoms in total. The van der Waals surface area contributed by atoms with Crippen LogP contribution in [-0.4, -0.2) is 18.5 Å². The van der Waals surface area contributed by atoms with E-state index in [4.69, 9.17) is 27.9 Å². The lowest BCUT2D eigenvalue weighted by Gasteiger charge is -2.10. The van der Waals surface area contributed by atoms with E-state index in [0.717, 1.165) is 0 Å². The summed E-state index contributed by atoms with van der Waals surface area (Å²) in [5.74, 6) is -1.52. The second-order valence-corrected chi connectivity index (χ2v) is 5.12. The number of nitrogens with one attached hydrogen (secondary N) is 1. The Hall–Kier alpha value is -2.24. The molecule has 0 aliphatic carbocycles. The Morgan fingerprint density at radius 1 is 1.09 bits per heavy atom. The number of amides is 1. The standard InChI is InChI=1S/C15H11Cl2NO4/c16-10-2-4-11(5-3-10)18-14(19)8-22-13-6-1-9(15(20)21)7-12(13)17/h1-7H,8H2,(H,18,19)(H,20,21)/p-1. The van der Waals surface area contributed by atoms with Crippen LogP contribution in [0.4, 0.5) is 5.69 Å². The Morgan fingerprint density at radius 3 is 2.36 bits per heavy atom. The molecule has 1 N–H and O–H groups in total. The third kappa shape index (κ3) is 4.38. The molecule has 0 saturated carbocycles. The Labute approximate surface area is 136 Å². The van der Waals surface area contributed by atoms with Gasteiger partial charge in [-0.15, -0.1) is 0 Å². The number of ether oxygens (including phenoxy) is 1. The molecular weight excluding hydrogens is 329 g/mol. The average Bonchev–Trinajstić information content (AvgIpc) is 2.48. The zero-order chi connectivity index (χ0) is 16.1. The normalized spacial score (nSPS) is 10.1. The molecule has 0 atom stereocenters. The number of halogens is 2. The lowest BCUT2D eigenvalue weighted by atomic mass is 10.2. The molecule has 0 aromatic heterocycles. The molecule has 0 aliphatic heterocycles. The van der Waals surface area contributed by atoms with E-state index in [0.29, 0.717) is 10.7 Å². The molecule has 7 heteroatoms. The van der Waals surface area contributed by atoms with Gasteiger partial charge in [0.2, 0.25) is 0 Å². The van der Waals surface area contributed by atoms with Crippen molar-refractivity contribution in [1.82, 2.24) is 0 Å². The van der Waals surface area contributed by atoms with Gasteiger partial charge < -0.3 is 20.0 Å². The van der Waals surface area contributed by atoms with Crippen molar-refractivity contribution in [2.75, 3.05) is 11.9 Å². The first kappa shape index (κ1) is 16.1. The lowest BCUT2D eigenvalue weighted by molar-refractivity contribution is -0.255. The van der Waals surface area contributed by atoms with Crippen LogP contribution in [0.1, 0.15) is 10.4 Å². The van der Waals surface area contributed by atoms with Crippen molar-refractivity contribution in [3.8, 4) is 5.75 Å². The van der Waals surface area contributed by atoms with Crippen molar-refractivity contribution in [2.24, 2.45) is 0 Å². The van der Waals surface area contributed by atoms with Gasteiger partial charge in [0.05, 0.1) is 11.0 Å². The van der Waals surface area contributed by atoms with Crippen LogP contribution in [0.2, 0.25) is 10.0 Å². The molecule has 0 saturated heterocycles. The number of benzene rings is 2. The van der Waals surface area contributed by atoms with Crippen molar-refractivity contribution < 1.29 is 19.4 Å². The quantitative estimate of drug-likeness (QED) is 0.907. The fourth-order valence-corrected chi connectivity index (χ4v) is 1.98. The van der Waals surface area contributed by atoms with Crippen LogP contribution in [0.5, 0.6) is 5.75 Å². The van der Waals surface area contributed by atoms with E-state index in [1.54, 1.807) is 24.3 Å². The third-order valence-electron chi connectivity index (χ3n) is 2.65. The smallest absolute Gasteiger partial charge is 0.262 e. The highest BCUT2D eigenvalue weighted by Crippen LogP contribution is 2.25. The first-order chi connectivity index (χ1) is 10.5. The predicted octanol–water partition coefficient (Wildman–Crippen LogP) is 2.37. The Balaban J connectivity index is 1.93. The average molecular weight is 339 g/mol. The van der Waals surface area contributed by atoms with Crippen molar-refractivity contribution in [2.45, 2.75) is 0 Å². The van der Waals surface area contributed by atoms with E-state index in [1.807, 2.05) is 0 Å². The highest BCUT2D eigenvalue weighted by Gasteiger charge is 2.07. The molecule has 114 valence electrons. The first-order valence-corrected chi connectivity index (χ1v) is 6.90. The summed E-state index contributed by atoms with van der Waals surface area (Å²) in [5.41, 5.74) is 0.513. The molecule has 2 aromatic rings. The monoisotopic (exact) mass is 338 g/mol. The molecule has 0 spiro atoms. The summed E-state index contributed by atoms with van der Waals surface area (Å²) in [7, 11) is 0. The van der Waals surface area contributed by atoms with Gasteiger partial charge in [0, 0.05) is 10.7 Å². The van der Waals surface area contributed by atoms with Gasteiger partial charge in [0.15, 0.2) is 6.61 Å². The second kappa shape index (κ2) is 7.15. The number of anilines is 1. The molecule has 0 radical (unpaired) electrons. The molecule has 2 rings (SSSR count). The van der Waals surface area contributed by atoms with Crippen LogP contribution in [0.15, 0.2) is 42.5 Å². The minimum atomic E-state index is -1.34. The summed E-state index contributed by atoms with van der Waals surface area (Å²) in [4.78, 5) is 22.4. The van der Waals surface area contributed by atoms with Gasteiger partial charge in [0.1, 0.15) is 5.75 Å². The van der Waals surface area contributed by atoms with E-state index in [2.05, 4.69) is 5.32 Å². The maximum Gasteiger partial charge on any atom is 0.262 e. The molecule has 0 aliphatic rings.